The minimum Gasteiger partial charge on any atom is -0.354 e. The first-order valence-corrected chi connectivity index (χ1v) is 12.9. The zero-order chi connectivity index (χ0) is 23.6. The molecule has 0 amide bonds. The maximum absolute atomic E-state index is 3.82. The van der Waals surface area contributed by atoms with Gasteiger partial charge in [0, 0.05) is 26.6 Å². The van der Waals surface area contributed by atoms with Crippen LogP contribution in [0.2, 0.25) is 0 Å². The summed E-state index contributed by atoms with van der Waals surface area (Å²) < 4.78 is 2.62. The average molecular weight is 468 g/mol. The highest BCUT2D eigenvalue weighted by molar-refractivity contribution is 7.26. The predicted molar refractivity (Wildman–Crippen MR) is 152 cm³/mol. The number of anilines is 2. The predicted octanol–water partition coefficient (Wildman–Crippen LogP) is 9.77. The van der Waals surface area contributed by atoms with Gasteiger partial charge in [-0.1, -0.05) is 92.7 Å². The van der Waals surface area contributed by atoms with Crippen LogP contribution >= 0.6 is 11.3 Å². The van der Waals surface area contributed by atoms with Gasteiger partial charge in [-0.15, -0.1) is 11.3 Å². The Kier molecular flexibility index (Phi) is 4.43. The van der Waals surface area contributed by atoms with E-state index in [9.17, 15) is 0 Å². The van der Waals surface area contributed by atoms with Crippen molar-refractivity contribution in [3.8, 4) is 22.3 Å². The second kappa shape index (κ2) is 7.56. The minimum atomic E-state index is -0.0115. The van der Waals surface area contributed by atoms with E-state index in [0.717, 1.165) is 11.4 Å². The van der Waals surface area contributed by atoms with Crippen molar-refractivity contribution >= 4 is 42.9 Å². The molecule has 1 aliphatic carbocycles. The molecule has 7 rings (SSSR count). The molecular weight excluding hydrogens is 442 g/mol. The molecule has 0 atom stereocenters. The molecule has 0 fully saturated rings. The van der Waals surface area contributed by atoms with Gasteiger partial charge in [0.15, 0.2) is 0 Å². The molecule has 0 saturated heterocycles. The summed E-state index contributed by atoms with van der Waals surface area (Å²) in [5, 5.41) is 6.45. The fraction of sp³-hybridized carbons (Fsp3) is 0.0909. The first-order chi connectivity index (χ1) is 17.1. The zero-order valence-electron chi connectivity index (χ0n) is 19.8. The summed E-state index contributed by atoms with van der Waals surface area (Å²) in [6, 6.07) is 39.7. The number of rotatable bonds is 3. The summed E-state index contributed by atoms with van der Waals surface area (Å²) in [7, 11) is 0. The topological polar surface area (TPSA) is 12.0 Å². The zero-order valence-corrected chi connectivity index (χ0v) is 20.6. The summed E-state index contributed by atoms with van der Waals surface area (Å²) in [5.74, 6) is 0. The van der Waals surface area contributed by atoms with Crippen molar-refractivity contribution in [1.29, 1.82) is 0 Å². The Morgan fingerprint density at radius 3 is 2.23 bits per heavy atom. The third kappa shape index (κ3) is 3.14. The molecule has 0 aliphatic heterocycles. The van der Waals surface area contributed by atoms with E-state index in [1.54, 1.807) is 0 Å². The average Bonchev–Trinajstić information content (AvgIpc) is 3.38. The molecule has 2 heteroatoms. The van der Waals surface area contributed by atoms with Crippen molar-refractivity contribution < 1.29 is 0 Å². The van der Waals surface area contributed by atoms with Gasteiger partial charge in [-0.25, -0.2) is 0 Å². The van der Waals surface area contributed by atoms with E-state index in [1.807, 2.05) is 11.3 Å². The van der Waals surface area contributed by atoms with Gasteiger partial charge >= 0.3 is 0 Å². The van der Waals surface area contributed by atoms with Gasteiger partial charge in [-0.05, 0) is 63.7 Å². The van der Waals surface area contributed by atoms with E-state index < -0.39 is 0 Å². The van der Waals surface area contributed by atoms with E-state index in [0.29, 0.717) is 0 Å². The van der Waals surface area contributed by atoms with Gasteiger partial charge in [0.25, 0.3) is 0 Å². The Labute approximate surface area is 209 Å². The van der Waals surface area contributed by atoms with Crippen LogP contribution in [0, 0.1) is 0 Å². The monoisotopic (exact) mass is 467 g/mol. The molecule has 1 aliphatic rings. The van der Waals surface area contributed by atoms with E-state index in [2.05, 4.69) is 128 Å². The quantitative estimate of drug-likeness (QED) is 0.273. The molecule has 0 spiro atoms. The van der Waals surface area contributed by atoms with Crippen molar-refractivity contribution in [2.24, 2.45) is 0 Å². The lowest BCUT2D eigenvalue weighted by Crippen LogP contribution is -2.15. The summed E-state index contributed by atoms with van der Waals surface area (Å²) >= 11 is 1.86. The molecule has 1 heterocycles. The summed E-state index contributed by atoms with van der Waals surface area (Å²) in [6.45, 7) is 4.67. The fourth-order valence-electron chi connectivity index (χ4n) is 5.65. The van der Waals surface area contributed by atoms with Gasteiger partial charge in [0.1, 0.15) is 0 Å². The van der Waals surface area contributed by atoms with E-state index >= 15 is 0 Å². The van der Waals surface area contributed by atoms with E-state index in [1.165, 1.54) is 53.6 Å². The third-order valence-corrected chi connectivity index (χ3v) is 8.67. The Balaban J connectivity index is 1.40. The molecule has 0 saturated carbocycles. The Morgan fingerprint density at radius 2 is 1.34 bits per heavy atom. The van der Waals surface area contributed by atoms with Crippen molar-refractivity contribution in [3.05, 3.63) is 120 Å². The minimum absolute atomic E-state index is 0.0115. The molecule has 0 unspecified atom stereocenters. The van der Waals surface area contributed by atoms with Crippen LogP contribution in [0.4, 0.5) is 11.4 Å². The maximum atomic E-state index is 3.82. The van der Waals surface area contributed by atoms with Crippen molar-refractivity contribution in [3.63, 3.8) is 0 Å². The second-order valence-electron chi connectivity index (χ2n) is 9.92. The number of thiophene rings is 1. The van der Waals surface area contributed by atoms with Crippen LogP contribution in [0.25, 0.3) is 42.4 Å². The number of hydrogen-bond donors (Lipinski definition) is 1. The second-order valence-corrected chi connectivity index (χ2v) is 11.0. The van der Waals surface area contributed by atoms with E-state index in [-0.39, 0.29) is 5.41 Å². The van der Waals surface area contributed by atoms with Crippen LogP contribution < -0.4 is 5.32 Å². The molecule has 0 bridgehead atoms. The highest BCUT2D eigenvalue weighted by atomic mass is 32.1. The van der Waals surface area contributed by atoms with Crippen LogP contribution in [0.1, 0.15) is 25.0 Å². The first-order valence-electron chi connectivity index (χ1n) is 12.1. The maximum Gasteiger partial charge on any atom is 0.0590 e. The van der Waals surface area contributed by atoms with Crippen LogP contribution in [0.3, 0.4) is 0 Å². The van der Waals surface area contributed by atoms with E-state index in [4.69, 9.17) is 0 Å². The molecule has 1 N–H and O–H groups in total. The van der Waals surface area contributed by atoms with Crippen LogP contribution in [0.5, 0.6) is 0 Å². The van der Waals surface area contributed by atoms with Crippen LogP contribution in [-0.4, -0.2) is 0 Å². The number of fused-ring (bicyclic) bond motifs is 6. The molecule has 1 aromatic heterocycles. The van der Waals surface area contributed by atoms with Gasteiger partial charge < -0.3 is 5.32 Å². The molecule has 0 radical (unpaired) electrons. The molecular formula is C33H25NS. The van der Waals surface area contributed by atoms with Crippen molar-refractivity contribution in [1.82, 2.24) is 0 Å². The largest absolute Gasteiger partial charge is 0.354 e. The SMILES string of the molecule is CC1(C)c2ccccc2-c2ccc(Nc3cc(-c4ccccc4)cc4c3sc3ccccc34)cc21. The van der Waals surface area contributed by atoms with Gasteiger partial charge in [-0.2, -0.15) is 0 Å². The highest BCUT2D eigenvalue weighted by Crippen LogP contribution is 2.50. The van der Waals surface area contributed by atoms with Crippen LogP contribution in [0.15, 0.2) is 109 Å². The van der Waals surface area contributed by atoms with Crippen molar-refractivity contribution in [2.75, 3.05) is 5.32 Å². The highest BCUT2D eigenvalue weighted by Gasteiger charge is 2.35. The lowest BCUT2D eigenvalue weighted by atomic mass is 9.82. The number of nitrogens with one attached hydrogen (secondary N) is 1. The molecule has 1 nitrogen and oxygen atoms in total. The lowest BCUT2D eigenvalue weighted by Gasteiger charge is -2.22. The Morgan fingerprint density at radius 1 is 0.600 bits per heavy atom. The molecule has 35 heavy (non-hydrogen) atoms. The van der Waals surface area contributed by atoms with Gasteiger partial charge in [0.05, 0.1) is 10.4 Å². The first kappa shape index (κ1) is 20.5. The Bertz CT molecular complexity index is 1740. The standard InChI is InChI=1S/C33H25NS/c1-33(2)28-14-8-6-12-24(28)25-17-16-23(20-29(25)33)34-30-19-22(21-10-4-3-5-11-21)18-27-26-13-7-9-15-31(26)35-32(27)30/h3-20,34H,1-2H3. The Hall–Kier alpha value is -3.88. The summed E-state index contributed by atoms with van der Waals surface area (Å²) in [6.07, 6.45) is 0. The van der Waals surface area contributed by atoms with Gasteiger partial charge in [0.2, 0.25) is 0 Å². The number of hydrogen-bond acceptors (Lipinski definition) is 2. The summed E-state index contributed by atoms with van der Waals surface area (Å²) in [4.78, 5) is 0. The normalized spacial score (nSPS) is 13.7. The number of benzene rings is 5. The lowest BCUT2D eigenvalue weighted by molar-refractivity contribution is 0.660. The summed E-state index contributed by atoms with van der Waals surface area (Å²) in [5.41, 5.74) is 10.3. The van der Waals surface area contributed by atoms with Crippen molar-refractivity contribution in [2.45, 2.75) is 19.3 Å². The molecule has 6 aromatic rings. The van der Waals surface area contributed by atoms with Crippen LogP contribution in [-0.2, 0) is 5.41 Å². The molecule has 5 aromatic carbocycles. The fourth-order valence-corrected chi connectivity index (χ4v) is 6.81. The smallest absolute Gasteiger partial charge is 0.0590 e. The third-order valence-electron chi connectivity index (χ3n) is 7.45. The molecule has 168 valence electrons. The van der Waals surface area contributed by atoms with Gasteiger partial charge in [-0.3, -0.25) is 0 Å².